The Morgan fingerprint density at radius 3 is 2.13 bits per heavy atom. The first kappa shape index (κ1) is 15.4. The molecule has 0 spiro atoms. The van der Waals surface area contributed by atoms with Crippen LogP contribution in [0.4, 0.5) is 11.4 Å². The lowest BCUT2D eigenvalue weighted by atomic mass is 10.1. The monoisotopic (exact) mass is 325 g/mol. The van der Waals surface area contributed by atoms with Gasteiger partial charge < -0.3 is 0 Å². The first-order valence-electron chi connectivity index (χ1n) is 7.07. The van der Waals surface area contributed by atoms with Crippen LogP contribution >= 0.6 is 0 Å². The van der Waals surface area contributed by atoms with Crippen LogP contribution in [0.1, 0.15) is 17.3 Å². The largest absolute Gasteiger partial charge is 0.295 e. The van der Waals surface area contributed by atoms with Crippen LogP contribution in [0.3, 0.4) is 0 Å². The van der Waals surface area contributed by atoms with Crippen LogP contribution in [0.15, 0.2) is 66.7 Å². The van der Waals surface area contributed by atoms with Crippen LogP contribution in [0.25, 0.3) is 10.8 Å². The van der Waals surface area contributed by atoms with Crippen molar-refractivity contribution in [1.29, 1.82) is 0 Å². The summed E-state index contributed by atoms with van der Waals surface area (Å²) in [7, 11) is 0. The smallest absolute Gasteiger partial charge is 0.266 e. The standard InChI is InChI=1S/C18H15NO3S/c1-13(20)14-6-9-17(10-7-14)19(23(21)22)18-11-8-15-4-2-3-5-16(15)12-18/h2-12H,1H3,(H,21,22). The van der Waals surface area contributed by atoms with Crippen LogP contribution in [-0.4, -0.2) is 14.5 Å². The van der Waals surface area contributed by atoms with Crippen LogP contribution in [0.5, 0.6) is 0 Å². The number of anilines is 2. The average molecular weight is 325 g/mol. The summed E-state index contributed by atoms with van der Waals surface area (Å²) >= 11 is -2.22. The Hall–Kier alpha value is -2.50. The molecule has 23 heavy (non-hydrogen) atoms. The van der Waals surface area contributed by atoms with E-state index in [1.165, 1.54) is 11.2 Å². The van der Waals surface area contributed by atoms with E-state index in [9.17, 15) is 13.6 Å². The third-order valence-corrected chi connectivity index (χ3v) is 4.37. The molecule has 0 heterocycles. The van der Waals surface area contributed by atoms with Gasteiger partial charge >= 0.3 is 0 Å². The number of hydrogen-bond acceptors (Lipinski definition) is 2. The van der Waals surface area contributed by atoms with Crippen molar-refractivity contribution in [2.45, 2.75) is 6.92 Å². The lowest BCUT2D eigenvalue weighted by molar-refractivity contribution is 0.101. The maximum atomic E-state index is 11.8. The second kappa shape index (κ2) is 6.32. The molecular weight excluding hydrogens is 310 g/mol. The van der Waals surface area contributed by atoms with Gasteiger partial charge in [0.1, 0.15) is 0 Å². The quantitative estimate of drug-likeness (QED) is 0.574. The maximum Gasteiger partial charge on any atom is 0.266 e. The zero-order valence-corrected chi connectivity index (χ0v) is 13.3. The lowest BCUT2D eigenvalue weighted by Crippen LogP contribution is -2.19. The highest BCUT2D eigenvalue weighted by Gasteiger charge is 2.15. The molecule has 0 fully saturated rings. The van der Waals surface area contributed by atoms with Crippen molar-refractivity contribution in [3.8, 4) is 0 Å². The number of rotatable bonds is 4. The fourth-order valence-electron chi connectivity index (χ4n) is 2.46. The minimum atomic E-state index is -2.22. The summed E-state index contributed by atoms with van der Waals surface area (Å²) < 4.78 is 22.8. The molecule has 0 aliphatic carbocycles. The minimum Gasteiger partial charge on any atom is -0.295 e. The molecule has 3 aromatic rings. The van der Waals surface area contributed by atoms with Crippen molar-refractivity contribution in [1.82, 2.24) is 0 Å². The highest BCUT2D eigenvalue weighted by Crippen LogP contribution is 2.29. The Kier molecular flexibility index (Phi) is 4.23. The maximum absolute atomic E-state index is 11.8. The van der Waals surface area contributed by atoms with Crippen molar-refractivity contribution >= 4 is 39.2 Å². The molecule has 0 aliphatic heterocycles. The highest BCUT2D eigenvalue weighted by molar-refractivity contribution is 7.81. The third-order valence-electron chi connectivity index (χ3n) is 3.63. The average Bonchev–Trinajstić information content (AvgIpc) is 2.55. The van der Waals surface area contributed by atoms with Crippen LogP contribution < -0.4 is 4.31 Å². The number of carbonyl (C=O) groups excluding carboxylic acids is 1. The van der Waals surface area contributed by atoms with E-state index in [-0.39, 0.29) is 5.78 Å². The molecule has 0 radical (unpaired) electrons. The predicted molar refractivity (Wildman–Crippen MR) is 93.3 cm³/mol. The third kappa shape index (κ3) is 3.16. The fourth-order valence-corrected chi connectivity index (χ4v) is 3.06. The van der Waals surface area contributed by atoms with Crippen molar-refractivity contribution in [2.24, 2.45) is 0 Å². The van der Waals surface area contributed by atoms with E-state index in [2.05, 4.69) is 0 Å². The first-order chi connectivity index (χ1) is 11.1. The molecule has 3 aromatic carbocycles. The van der Waals surface area contributed by atoms with Crippen molar-refractivity contribution in [2.75, 3.05) is 4.31 Å². The summed E-state index contributed by atoms with van der Waals surface area (Å²) in [6, 6.07) is 20.0. The molecule has 0 aliphatic rings. The lowest BCUT2D eigenvalue weighted by Gasteiger charge is -2.20. The van der Waals surface area contributed by atoms with Gasteiger partial charge in [-0.15, -0.1) is 0 Å². The van der Waals surface area contributed by atoms with Crippen molar-refractivity contribution in [3.05, 3.63) is 72.3 Å². The molecule has 116 valence electrons. The zero-order valence-electron chi connectivity index (χ0n) is 12.5. The molecule has 1 atom stereocenters. The van der Waals surface area contributed by atoms with Gasteiger partial charge in [-0.1, -0.05) is 30.3 Å². The number of fused-ring (bicyclic) bond motifs is 1. The molecule has 5 heteroatoms. The van der Waals surface area contributed by atoms with Crippen LogP contribution in [0, 0.1) is 0 Å². The Morgan fingerprint density at radius 2 is 1.52 bits per heavy atom. The number of Topliss-reactive ketones (excluding diaryl/α,β-unsaturated/α-hetero) is 1. The fraction of sp³-hybridized carbons (Fsp3) is 0.0556. The van der Waals surface area contributed by atoms with Crippen molar-refractivity contribution < 1.29 is 13.6 Å². The number of carbonyl (C=O) groups is 1. The SMILES string of the molecule is CC(=O)c1ccc(N(c2ccc3ccccc3c2)S(=O)O)cc1. The van der Waals surface area contributed by atoms with Gasteiger partial charge in [0.2, 0.25) is 0 Å². The zero-order chi connectivity index (χ0) is 16.4. The van der Waals surface area contributed by atoms with Gasteiger partial charge in [0.15, 0.2) is 5.78 Å². The summed E-state index contributed by atoms with van der Waals surface area (Å²) in [5.41, 5.74) is 1.72. The van der Waals surface area contributed by atoms with Gasteiger partial charge in [-0.05, 0) is 54.1 Å². The van der Waals surface area contributed by atoms with Gasteiger partial charge in [-0.25, -0.2) is 8.51 Å². The van der Waals surface area contributed by atoms with E-state index in [1.807, 2.05) is 36.4 Å². The Morgan fingerprint density at radius 1 is 0.913 bits per heavy atom. The molecule has 3 rings (SSSR count). The Bertz CT molecular complexity index is 890. The first-order valence-corrected chi connectivity index (χ1v) is 8.13. The second-order valence-corrected chi connectivity index (χ2v) is 5.99. The number of benzene rings is 3. The van der Waals surface area contributed by atoms with Gasteiger partial charge in [0, 0.05) is 5.56 Å². The van der Waals surface area contributed by atoms with Crippen LogP contribution in [0.2, 0.25) is 0 Å². The van der Waals surface area contributed by atoms with Gasteiger partial charge in [-0.3, -0.25) is 9.35 Å². The van der Waals surface area contributed by atoms with Gasteiger partial charge in [0.25, 0.3) is 11.3 Å². The van der Waals surface area contributed by atoms with Gasteiger partial charge in [0.05, 0.1) is 11.4 Å². The van der Waals surface area contributed by atoms with Crippen molar-refractivity contribution in [3.63, 3.8) is 0 Å². The molecule has 0 aromatic heterocycles. The molecule has 1 N–H and O–H groups in total. The van der Waals surface area contributed by atoms with E-state index in [1.54, 1.807) is 30.3 Å². The second-order valence-electron chi connectivity index (χ2n) is 5.16. The van der Waals surface area contributed by atoms with E-state index in [0.717, 1.165) is 10.8 Å². The molecule has 0 amide bonds. The number of nitrogens with zero attached hydrogens (tertiary/aromatic N) is 1. The summed E-state index contributed by atoms with van der Waals surface area (Å²) in [4.78, 5) is 11.4. The number of hydrogen-bond donors (Lipinski definition) is 1. The highest BCUT2D eigenvalue weighted by atomic mass is 32.2. The molecular formula is C18H15NO3S. The number of ketones is 1. The molecule has 0 bridgehead atoms. The topological polar surface area (TPSA) is 57.6 Å². The van der Waals surface area contributed by atoms with Gasteiger partial charge in [-0.2, -0.15) is 0 Å². The summed E-state index contributed by atoms with van der Waals surface area (Å²) in [6.07, 6.45) is 0. The molecule has 1 unspecified atom stereocenters. The van der Waals surface area contributed by atoms with E-state index in [4.69, 9.17) is 0 Å². The molecule has 4 nitrogen and oxygen atoms in total. The normalized spacial score (nSPS) is 12.1. The van der Waals surface area contributed by atoms with E-state index in [0.29, 0.717) is 16.9 Å². The summed E-state index contributed by atoms with van der Waals surface area (Å²) in [6.45, 7) is 1.49. The summed E-state index contributed by atoms with van der Waals surface area (Å²) in [5, 5.41) is 2.05. The Labute approximate surface area is 136 Å². The van der Waals surface area contributed by atoms with Crippen LogP contribution in [-0.2, 0) is 11.3 Å². The summed E-state index contributed by atoms with van der Waals surface area (Å²) in [5.74, 6) is -0.0427. The minimum absolute atomic E-state index is 0.0427. The van der Waals surface area contributed by atoms with E-state index < -0.39 is 11.3 Å². The molecule has 0 saturated carbocycles. The molecule has 0 saturated heterocycles. The predicted octanol–water partition coefficient (Wildman–Crippen LogP) is 4.32. The van der Waals surface area contributed by atoms with E-state index >= 15 is 0 Å². The Balaban J connectivity index is 2.06.